The maximum atomic E-state index is 5.57. The van der Waals surface area contributed by atoms with E-state index in [9.17, 15) is 0 Å². The fraction of sp³-hybridized carbons (Fsp3) is 0. The van der Waals surface area contributed by atoms with Crippen molar-refractivity contribution in [3.63, 3.8) is 0 Å². The Hall–Kier alpha value is -9.25. The molecule has 0 radical (unpaired) electrons. The molecule has 4 heteroatoms. The van der Waals surface area contributed by atoms with Crippen LogP contribution < -0.4 is 0 Å². The highest BCUT2D eigenvalue weighted by molar-refractivity contribution is 6.21. The van der Waals surface area contributed by atoms with Gasteiger partial charge in [-0.1, -0.05) is 218 Å². The van der Waals surface area contributed by atoms with Crippen LogP contribution in [0.25, 0.3) is 138 Å². The summed E-state index contributed by atoms with van der Waals surface area (Å²) < 4.78 is 2.52. The van der Waals surface area contributed by atoms with Crippen LogP contribution in [0.4, 0.5) is 0 Å². The molecule has 14 rings (SSSR count). The predicted octanol–water partition coefficient (Wildman–Crippen LogP) is 17.1. The van der Waals surface area contributed by atoms with Gasteiger partial charge in [0.2, 0.25) is 0 Å². The highest BCUT2D eigenvalue weighted by atomic mass is 15.0. The Balaban J connectivity index is 1.16. The van der Waals surface area contributed by atoms with Crippen molar-refractivity contribution in [3.8, 4) is 62.1 Å². The Kier molecular flexibility index (Phi) is 8.86. The van der Waals surface area contributed by atoms with Crippen LogP contribution in [-0.2, 0) is 0 Å². The van der Waals surface area contributed by atoms with Crippen molar-refractivity contribution in [2.24, 2.45) is 0 Å². The summed E-state index contributed by atoms with van der Waals surface area (Å²) in [6.45, 7) is 0. The minimum Gasteiger partial charge on any atom is -0.308 e. The fourth-order valence-corrected chi connectivity index (χ4v) is 10.8. The van der Waals surface area contributed by atoms with Crippen LogP contribution >= 0.6 is 0 Å². The summed E-state index contributed by atoms with van der Waals surface area (Å²) in [5, 5.41) is 13.9. The van der Waals surface area contributed by atoms with Crippen molar-refractivity contribution in [1.82, 2.24) is 19.5 Å². The Labute approximate surface area is 398 Å². The Morgan fingerprint density at radius 3 is 1.29 bits per heavy atom. The van der Waals surface area contributed by atoms with Crippen LogP contribution in [0, 0.1) is 0 Å². The topological polar surface area (TPSA) is 43.6 Å². The second-order valence-electron chi connectivity index (χ2n) is 17.9. The van der Waals surface area contributed by atoms with E-state index in [4.69, 9.17) is 15.0 Å². The average Bonchev–Trinajstić information content (AvgIpc) is 3.75. The van der Waals surface area contributed by atoms with E-state index >= 15 is 0 Å². The smallest absolute Gasteiger partial charge is 0.164 e. The summed E-state index contributed by atoms with van der Waals surface area (Å²) >= 11 is 0. The Bertz CT molecular complexity index is 4260. The summed E-state index contributed by atoms with van der Waals surface area (Å²) in [4.78, 5) is 16.5. The molecule has 2 heterocycles. The molecule has 0 fully saturated rings. The first-order chi connectivity index (χ1) is 34.2. The summed E-state index contributed by atoms with van der Waals surface area (Å²) in [6, 6.07) is 87.4. The first-order valence-corrected chi connectivity index (χ1v) is 23.5. The van der Waals surface area contributed by atoms with Gasteiger partial charge in [-0.25, -0.2) is 15.0 Å². The molecule has 0 atom stereocenters. The van der Waals surface area contributed by atoms with Crippen LogP contribution in [0.1, 0.15) is 0 Å². The molecule has 12 aromatic carbocycles. The minimum absolute atomic E-state index is 0.598. The Morgan fingerprint density at radius 1 is 0.246 bits per heavy atom. The van der Waals surface area contributed by atoms with E-state index in [2.05, 4.69) is 247 Å². The van der Waals surface area contributed by atoms with E-state index in [0.29, 0.717) is 17.5 Å². The largest absolute Gasteiger partial charge is 0.308 e. The van der Waals surface area contributed by atoms with Gasteiger partial charge in [-0.2, -0.15) is 0 Å². The SMILES string of the molecule is c1ccc(-c2cc(-c3nc(-c4cccc5ccccc45)nc(-c4cccc5ccccc45)n3)c(-c3cccc4ccccc34)cc2-n2c3cc4ccccc4cc3c3ccc4ccccc4c32)cc1. The molecule has 0 aliphatic heterocycles. The summed E-state index contributed by atoms with van der Waals surface area (Å²) in [5.41, 5.74) is 10.5. The molecule has 320 valence electrons. The highest BCUT2D eigenvalue weighted by Crippen LogP contribution is 2.46. The maximum Gasteiger partial charge on any atom is 0.164 e. The molecule has 0 spiro atoms. The van der Waals surface area contributed by atoms with Gasteiger partial charge >= 0.3 is 0 Å². The molecule has 4 nitrogen and oxygen atoms in total. The maximum absolute atomic E-state index is 5.57. The van der Waals surface area contributed by atoms with Crippen LogP contribution in [0.3, 0.4) is 0 Å². The molecule has 0 aliphatic carbocycles. The lowest BCUT2D eigenvalue weighted by atomic mass is 9.90. The van der Waals surface area contributed by atoms with Crippen molar-refractivity contribution in [1.29, 1.82) is 0 Å². The molecular formula is C65H40N4. The second-order valence-corrected chi connectivity index (χ2v) is 17.9. The third-order valence-electron chi connectivity index (χ3n) is 14.0. The standard InChI is InChI=1S/C65H40N4/c1-2-17-44(18-3-1)56-39-59(65-67-63(54-33-15-26-42-20-7-11-29-49(42)54)66-64(68-65)55-34-16-27-43-21-8-12-30-50(43)55)57(52-32-14-25-41-19-6-10-28-48(41)52)40-61(56)69-60-38-47-24-5-4-23-46(47)37-58(60)53-36-35-45-22-9-13-31-51(45)62(53)69/h1-40H. The zero-order valence-electron chi connectivity index (χ0n) is 37.4. The lowest BCUT2D eigenvalue weighted by Gasteiger charge is -2.21. The zero-order valence-corrected chi connectivity index (χ0v) is 37.4. The first-order valence-electron chi connectivity index (χ1n) is 23.5. The van der Waals surface area contributed by atoms with Gasteiger partial charge in [-0.15, -0.1) is 0 Å². The number of aromatic nitrogens is 4. The van der Waals surface area contributed by atoms with Gasteiger partial charge in [-0.05, 0) is 89.4 Å². The first kappa shape index (κ1) is 39.0. The van der Waals surface area contributed by atoms with Crippen molar-refractivity contribution in [2.45, 2.75) is 0 Å². The van der Waals surface area contributed by atoms with Gasteiger partial charge in [0.25, 0.3) is 0 Å². The molecule has 0 amide bonds. The van der Waals surface area contributed by atoms with E-state index in [0.717, 1.165) is 82.5 Å². The van der Waals surface area contributed by atoms with Gasteiger partial charge in [0.05, 0.1) is 16.7 Å². The molecular weight excluding hydrogens is 837 g/mol. The average molecular weight is 877 g/mol. The van der Waals surface area contributed by atoms with Crippen molar-refractivity contribution in [3.05, 3.63) is 243 Å². The van der Waals surface area contributed by atoms with E-state index in [1.807, 2.05) is 0 Å². The van der Waals surface area contributed by atoms with Gasteiger partial charge in [0.15, 0.2) is 17.5 Å². The van der Waals surface area contributed by atoms with Gasteiger partial charge in [0, 0.05) is 38.4 Å². The predicted molar refractivity (Wildman–Crippen MR) is 289 cm³/mol. The van der Waals surface area contributed by atoms with E-state index in [1.165, 1.54) is 37.8 Å². The van der Waals surface area contributed by atoms with E-state index in [-0.39, 0.29) is 0 Å². The lowest BCUT2D eigenvalue weighted by molar-refractivity contribution is 1.08. The normalized spacial score (nSPS) is 11.8. The number of rotatable bonds is 6. The van der Waals surface area contributed by atoms with Gasteiger partial charge in [-0.3, -0.25) is 0 Å². The van der Waals surface area contributed by atoms with Crippen molar-refractivity contribution >= 4 is 75.7 Å². The summed E-state index contributed by atoms with van der Waals surface area (Å²) in [6.07, 6.45) is 0. The molecule has 0 bridgehead atoms. The van der Waals surface area contributed by atoms with Crippen LogP contribution in [0.15, 0.2) is 243 Å². The molecule has 0 aliphatic rings. The number of hydrogen-bond donors (Lipinski definition) is 0. The fourth-order valence-electron chi connectivity index (χ4n) is 10.8. The lowest BCUT2D eigenvalue weighted by Crippen LogP contribution is -2.04. The molecule has 0 unspecified atom stereocenters. The third-order valence-corrected chi connectivity index (χ3v) is 14.0. The van der Waals surface area contributed by atoms with Crippen LogP contribution in [-0.4, -0.2) is 19.5 Å². The van der Waals surface area contributed by atoms with E-state index < -0.39 is 0 Å². The Morgan fingerprint density at radius 2 is 0.696 bits per heavy atom. The minimum atomic E-state index is 0.598. The third kappa shape index (κ3) is 6.34. The van der Waals surface area contributed by atoms with Gasteiger partial charge < -0.3 is 4.57 Å². The number of hydrogen-bond acceptors (Lipinski definition) is 3. The number of nitrogens with zero attached hydrogens (tertiary/aromatic N) is 4. The van der Waals surface area contributed by atoms with Crippen LogP contribution in [0.2, 0.25) is 0 Å². The van der Waals surface area contributed by atoms with Crippen molar-refractivity contribution < 1.29 is 0 Å². The van der Waals surface area contributed by atoms with E-state index in [1.54, 1.807) is 0 Å². The zero-order chi connectivity index (χ0) is 45.4. The molecule has 0 saturated carbocycles. The van der Waals surface area contributed by atoms with Crippen LogP contribution in [0.5, 0.6) is 0 Å². The van der Waals surface area contributed by atoms with Gasteiger partial charge in [0.1, 0.15) is 0 Å². The second kappa shape index (κ2) is 15.7. The molecule has 0 N–H and O–H groups in total. The number of fused-ring (bicyclic) bond motifs is 9. The summed E-state index contributed by atoms with van der Waals surface area (Å²) in [7, 11) is 0. The molecule has 0 saturated heterocycles. The van der Waals surface area contributed by atoms with Crippen molar-refractivity contribution in [2.75, 3.05) is 0 Å². The highest BCUT2D eigenvalue weighted by Gasteiger charge is 2.25. The quantitative estimate of drug-likeness (QED) is 0.167. The molecule has 69 heavy (non-hydrogen) atoms. The molecule has 2 aromatic heterocycles. The summed E-state index contributed by atoms with van der Waals surface area (Å²) in [5.74, 6) is 1.84. The monoisotopic (exact) mass is 876 g/mol. The molecule has 14 aromatic rings. The number of benzene rings is 12.